The molecule has 1 aliphatic carbocycles. The van der Waals surface area contributed by atoms with Crippen LogP contribution < -0.4 is 0 Å². The lowest BCUT2D eigenvalue weighted by atomic mass is 9.67. The molecule has 0 spiro atoms. The molecule has 1 aliphatic rings. The summed E-state index contributed by atoms with van der Waals surface area (Å²) in [6.45, 7) is 0. The maximum Gasteiger partial charge on any atom is 0.160 e. The van der Waals surface area contributed by atoms with Crippen molar-refractivity contribution in [3.8, 4) is 67.3 Å². The Morgan fingerprint density at radius 3 is 1.61 bits per heavy atom. The van der Waals surface area contributed by atoms with Crippen molar-refractivity contribution < 1.29 is 0 Å². The highest BCUT2D eigenvalue weighted by atomic mass is 32.1. The van der Waals surface area contributed by atoms with Crippen LogP contribution in [0.2, 0.25) is 0 Å². The maximum atomic E-state index is 5.25. The fraction of sp³-hybridized carbons (Fsp3) is 0.0169. The number of benzene rings is 9. The van der Waals surface area contributed by atoms with E-state index in [9.17, 15) is 0 Å². The first-order valence-corrected chi connectivity index (χ1v) is 22.0. The van der Waals surface area contributed by atoms with Gasteiger partial charge in [-0.2, -0.15) is 0 Å². The third kappa shape index (κ3) is 5.85. The monoisotopic (exact) mass is 806 g/mol. The predicted molar refractivity (Wildman–Crippen MR) is 259 cm³/mol. The van der Waals surface area contributed by atoms with Gasteiger partial charge in [0.25, 0.3) is 0 Å². The zero-order valence-corrected chi connectivity index (χ0v) is 34.6. The number of hydrogen-bond acceptors (Lipinski definition) is 3. The summed E-state index contributed by atoms with van der Waals surface area (Å²) in [5.74, 6) is 0.701. The average Bonchev–Trinajstić information content (AvgIpc) is 3.88. The molecule has 2 aromatic heterocycles. The highest BCUT2D eigenvalue weighted by Crippen LogP contribution is 2.56. The molecular formula is C59H38N2S. The van der Waals surface area contributed by atoms with Crippen LogP contribution in [0, 0.1) is 0 Å². The minimum Gasteiger partial charge on any atom is -0.228 e. The van der Waals surface area contributed by atoms with Gasteiger partial charge in [-0.25, -0.2) is 9.97 Å². The third-order valence-electron chi connectivity index (χ3n) is 12.6. The molecule has 12 rings (SSSR count). The van der Waals surface area contributed by atoms with Crippen LogP contribution in [0.3, 0.4) is 0 Å². The van der Waals surface area contributed by atoms with Crippen molar-refractivity contribution in [2.24, 2.45) is 0 Å². The minimum atomic E-state index is -0.449. The second-order valence-electron chi connectivity index (χ2n) is 16.0. The summed E-state index contributed by atoms with van der Waals surface area (Å²) >= 11 is 1.84. The van der Waals surface area contributed by atoms with E-state index < -0.39 is 5.41 Å². The van der Waals surface area contributed by atoms with E-state index in [0.29, 0.717) is 5.82 Å². The van der Waals surface area contributed by atoms with E-state index >= 15 is 0 Å². The summed E-state index contributed by atoms with van der Waals surface area (Å²) in [5.41, 5.74) is 16.8. The Bertz CT molecular complexity index is 3410. The minimum absolute atomic E-state index is 0.449. The van der Waals surface area contributed by atoms with Gasteiger partial charge in [0.2, 0.25) is 0 Å². The number of nitrogens with zero attached hydrogens (tertiary/aromatic N) is 2. The van der Waals surface area contributed by atoms with Gasteiger partial charge >= 0.3 is 0 Å². The molecule has 0 bridgehead atoms. The van der Waals surface area contributed by atoms with Crippen molar-refractivity contribution in [2.45, 2.75) is 5.41 Å². The molecule has 0 fully saturated rings. The standard InChI is InChI=1S/C59H38N2S/c1-3-16-41(17-4-1)58-60-54(38-55(61-58)49-25-8-7-22-46(49)43-34-35-57-51(37-43)50-26-11-14-29-56(50)62-57)40-32-30-39(31-33-40)42-18-15-21-45(36-42)59(44-19-5-2-6-20-44)52-27-12-9-23-47(52)48-24-10-13-28-53(48)59/h1-38H. The van der Waals surface area contributed by atoms with Crippen LogP contribution in [0.1, 0.15) is 22.3 Å². The van der Waals surface area contributed by atoms with Crippen molar-refractivity contribution in [3.63, 3.8) is 0 Å². The predicted octanol–water partition coefficient (Wildman–Crippen LogP) is 15.5. The van der Waals surface area contributed by atoms with Crippen molar-refractivity contribution >= 4 is 31.5 Å². The van der Waals surface area contributed by atoms with Gasteiger partial charge in [-0.15, -0.1) is 11.3 Å². The van der Waals surface area contributed by atoms with E-state index in [1.165, 1.54) is 64.7 Å². The van der Waals surface area contributed by atoms with Gasteiger partial charge in [-0.3, -0.25) is 0 Å². The van der Waals surface area contributed by atoms with Crippen molar-refractivity contribution in [1.82, 2.24) is 9.97 Å². The number of aromatic nitrogens is 2. The number of thiophene rings is 1. The summed E-state index contributed by atoms with van der Waals surface area (Å²) in [5, 5.41) is 2.58. The van der Waals surface area contributed by atoms with E-state index in [0.717, 1.165) is 39.2 Å². The molecule has 2 heterocycles. The molecular weight excluding hydrogens is 769 g/mol. The molecule has 0 saturated heterocycles. The average molecular weight is 807 g/mol. The van der Waals surface area contributed by atoms with Crippen LogP contribution in [0.4, 0.5) is 0 Å². The maximum absolute atomic E-state index is 5.25. The molecule has 0 unspecified atom stereocenters. The van der Waals surface area contributed by atoms with Gasteiger partial charge in [0.05, 0.1) is 16.8 Å². The summed E-state index contributed by atoms with van der Waals surface area (Å²) in [6.07, 6.45) is 0. The van der Waals surface area contributed by atoms with E-state index in [4.69, 9.17) is 9.97 Å². The highest BCUT2D eigenvalue weighted by Gasteiger charge is 2.45. The summed E-state index contributed by atoms with van der Waals surface area (Å²) in [7, 11) is 0. The molecule has 0 radical (unpaired) electrons. The molecule has 0 aliphatic heterocycles. The largest absolute Gasteiger partial charge is 0.228 e. The van der Waals surface area contributed by atoms with Crippen molar-refractivity contribution in [1.29, 1.82) is 0 Å². The van der Waals surface area contributed by atoms with Gasteiger partial charge in [0.15, 0.2) is 5.82 Å². The summed E-state index contributed by atoms with van der Waals surface area (Å²) in [4.78, 5) is 10.5. The summed E-state index contributed by atoms with van der Waals surface area (Å²) in [6, 6.07) is 83.5. The fourth-order valence-corrected chi connectivity index (χ4v) is 10.9. The molecule has 2 nitrogen and oxygen atoms in total. The molecule has 9 aromatic carbocycles. The van der Waals surface area contributed by atoms with Crippen molar-refractivity contribution in [3.05, 3.63) is 253 Å². The molecule has 62 heavy (non-hydrogen) atoms. The van der Waals surface area contributed by atoms with Crippen LogP contribution in [0.15, 0.2) is 231 Å². The normalized spacial score (nSPS) is 12.6. The lowest BCUT2D eigenvalue weighted by Crippen LogP contribution is -2.28. The van der Waals surface area contributed by atoms with Crippen LogP contribution in [-0.2, 0) is 5.41 Å². The molecule has 11 aromatic rings. The third-order valence-corrected chi connectivity index (χ3v) is 13.8. The van der Waals surface area contributed by atoms with Gasteiger partial charge in [-0.05, 0) is 86.0 Å². The van der Waals surface area contributed by atoms with E-state index in [1.807, 2.05) is 29.5 Å². The van der Waals surface area contributed by atoms with Gasteiger partial charge in [0, 0.05) is 36.9 Å². The zero-order chi connectivity index (χ0) is 41.0. The van der Waals surface area contributed by atoms with Crippen LogP contribution >= 0.6 is 11.3 Å². The molecule has 0 N–H and O–H groups in total. The fourth-order valence-electron chi connectivity index (χ4n) is 9.78. The van der Waals surface area contributed by atoms with E-state index in [-0.39, 0.29) is 0 Å². The molecule has 3 heteroatoms. The van der Waals surface area contributed by atoms with E-state index in [1.54, 1.807) is 0 Å². The molecule has 0 saturated carbocycles. The Labute approximate surface area is 365 Å². The quantitative estimate of drug-likeness (QED) is 0.160. The lowest BCUT2D eigenvalue weighted by Gasteiger charge is -2.34. The summed E-state index contributed by atoms with van der Waals surface area (Å²) < 4.78 is 2.60. The van der Waals surface area contributed by atoms with Crippen LogP contribution in [0.5, 0.6) is 0 Å². The number of fused-ring (bicyclic) bond motifs is 6. The first kappa shape index (κ1) is 36.2. The Balaban J connectivity index is 0.961. The van der Waals surface area contributed by atoms with Crippen LogP contribution in [0.25, 0.3) is 87.5 Å². The smallest absolute Gasteiger partial charge is 0.160 e. The number of hydrogen-bond donors (Lipinski definition) is 0. The van der Waals surface area contributed by atoms with Gasteiger partial charge < -0.3 is 0 Å². The lowest BCUT2D eigenvalue weighted by molar-refractivity contribution is 0.769. The first-order chi connectivity index (χ1) is 30.7. The number of rotatable bonds is 7. The van der Waals surface area contributed by atoms with Gasteiger partial charge in [-0.1, -0.05) is 200 Å². The van der Waals surface area contributed by atoms with Gasteiger partial charge in [0.1, 0.15) is 0 Å². The zero-order valence-electron chi connectivity index (χ0n) is 33.7. The molecule has 0 atom stereocenters. The van der Waals surface area contributed by atoms with Crippen molar-refractivity contribution in [2.75, 3.05) is 0 Å². The SMILES string of the molecule is c1ccc(-c2nc(-c3ccc(-c4cccc(C5(c6ccccc6)c6ccccc6-c6ccccc65)c4)cc3)cc(-c3ccccc3-c3ccc4sc5ccccc5c4c3)n2)cc1. The Hall–Kier alpha value is -7.72. The second kappa shape index (κ2) is 14.8. The Kier molecular flexibility index (Phi) is 8.62. The van der Waals surface area contributed by atoms with Crippen LogP contribution in [-0.4, -0.2) is 9.97 Å². The second-order valence-corrected chi connectivity index (χ2v) is 17.1. The molecule has 0 amide bonds. The first-order valence-electron chi connectivity index (χ1n) is 21.1. The highest BCUT2D eigenvalue weighted by molar-refractivity contribution is 7.25. The molecule has 290 valence electrons. The Morgan fingerprint density at radius 1 is 0.306 bits per heavy atom. The topological polar surface area (TPSA) is 25.8 Å². The van der Waals surface area contributed by atoms with E-state index in [2.05, 4.69) is 212 Å². The Morgan fingerprint density at radius 2 is 0.855 bits per heavy atom.